The first-order valence-corrected chi connectivity index (χ1v) is 5.80. The fourth-order valence-electron chi connectivity index (χ4n) is 1.48. The average molecular weight is 223 g/mol. The molecule has 0 bridgehead atoms. The first-order valence-electron chi connectivity index (χ1n) is 4.53. The predicted molar refractivity (Wildman–Crippen MR) is 55.6 cm³/mol. The summed E-state index contributed by atoms with van der Waals surface area (Å²) in [6, 6.07) is 6.51. The molecule has 1 aliphatic heterocycles. The lowest BCUT2D eigenvalue weighted by atomic mass is 10.1. The van der Waals surface area contributed by atoms with Crippen molar-refractivity contribution in [2.45, 2.75) is 6.92 Å². The molecule has 1 aromatic carbocycles. The lowest BCUT2D eigenvalue weighted by Crippen LogP contribution is -2.32. The summed E-state index contributed by atoms with van der Waals surface area (Å²) in [4.78, 5) is 23.4. The van der Waals surface area contributed by atoms with E-state index in [0.29, 0.717) is 11.1 Å². The van der Waals surface area contributed by atoms with Gasteiger partial charge in [0, 0.05) is 5.75 Å². The van der Waals surface area contributed by atoms with Crippen LogP contribution in [-0.4, -0.2) is 26.1 Å². The maximum Gasteiger partial charge on any atom is 0.273 e. The molecule has 15 heavy (non-hydrogen) atoms. The predicted octanol–water partition coefficient (Wildman–Crippen LogP) is 0.966. The van der Waals surface area contributed by atoms with E-state index in [9.17, 15) is 13.8 Å². The molecule has 5 heteroatoms. The van der Waals surface area contributed by atoms with Gasteiger partial charge in [0.05, 0.1) is 11.1 Å². The summed E-state index contributed by atoms with van der Waals surface area (Å²) >= 11 is 0. The Kier molecular flexibility index (Phi) is 2.40. The minimum absolute atomic E-state index is 0.255. The second-order valence-electron chi connectivity index (χ2n) is 3.06. The smallest absolute Gasteiger partial charge is 0.268 e. The number of benzene rings is 1. The fraction of sp³-hybridized carbons (Fsp3) is 0.200. The molecule has 1 aromatic rings. The van der Waals surface area contributed by atoms with Gasteiger partial charge in [0.1, 0.15) is 11.0 Å². The Morgan fingerprint density at radius 2 is 1.60 bits per heavy atom. The molecule has 0 fully saturated rings. The number of carbonyl (C=O) groups is 2. The number of hydrogen-bond acceptors (Lipinski definition) is 3. The van der Waals surface area contributed by atoms with Gasteiger partial charge in [-0.3, -0.25) is 9.59 Å². The van der Waals surface area contributed by atoms with Gasteiger partial charge in [-0.15, -0.1) is 0 Å². The SMILES string of the molecule is CCS(=O)N1C(=O)c2ccccc2C1=O. The Hall–Kier alpha value is -1.49. The topological polar surface area (TPSA) is 54.5 Å². The van der Waals surface area contributed by atoms with E-state index in [2.05, 4.69) is 0 Å². The van der Waals surface area contributed by atoms with Gasteiger partial charge in [-0.2, -0.15) is 4.31 Å². The summed E-state index contributed by atoms with van der Waals surface area (Å²) in [7, 11) is -1.55. The summed E-state index contributed by atoms with van der Waals surface area (Å²) in [5, 5.41) is 0. The van der Waals surface area contributed by atoms with Crippen molar-refractivity contribution in [3.63, 3.8) is 0 Å². The van der Waals surface area contributed by atoms with Crippen molar-refractivity contribution < 1.29 is 13.8 Å². The van der Waals surface area contributed by atoms with Crippen LogP contribution in [0.15, 0.2) is 24.3 Å². The molecule has 0 N–H and O–H groups in total. The number of nitrogens with zero attached hydrogens (tertiary/aromatic N) is 1. The standard InChI is InChI=1S/C10H9NO3S/c1-2-15(14)11-9(12)7-5-3-4-6-8(7)10(11)13/h3-6H,2H2,1H3. The molecule has 0 radical (unpaired) electrons. The molecule has 1 unspecified atom stereocenters. The fourth-order valence-corrected chi connectivity index (χ4v) is 2.31. The number of hydrogen-bond donors (Lipinski definition) is 0. The van der Waals surface area contributed by atoms with Crippen molar-refractivity contribution in [3.05, 3.63) is 35.4 Å². The molecule has 78 valence electrons. The zero-order chi connectivity index (χ0) is 11.0. The van der Waals surface area contributed by atoms with Crippen LogP contribution in [0.25, 0.3) is 0 Å². The van der Waals surface area contributed by atoms with Crippen molar-refractivity contribution in [1.82, 2.24) is 4.31 Å². The van der Waals surface area contributed by atoms with E-state index < -0.39 is 22.8 Å². The van der Waals surface area contributed by atoms with Crippen molar-refractivity contribution in [1.29, 1.82) is 0 Å². The van der Waals surface area contributed by atoms with Crippen molar-refractivity contribution >= 4 is 22.8 Å². The zero-order valence-corrected chi connectivity index (χ0v) is 8.91. The molecule has 0 spiro atoms. The Balaban J connectivity index is 2.50. The molecule has 1 heterocycles. The Morgan fingerprint density at radius 1 is 1.13 bits per heavy atom. The Morgan fingerprint density at radius 3 is 2.00 bits per heavy atom. The van der Waals surface area contributed by atoms with Gasteiger partial charge >= 0.3 is 0 Å². The highest BCUT2D eigenvalue weighted by molar-refractivity contribution is 7.83. The molecule has 0 aliphatic carbocycles. The van der Waals surface area contributed by atoms with Crippen molar-refractivity contribution in [2.75, 3.05) is 5.75 Å². The summed E-state index contributed by atoms with van der Waals surface area (Å²) in [6.07, 6.45) is 0. The van der Waals surface area contributed by atoms with Gasteiger partial charge in [-0.25, -0.2) is 4.21 Å². The molecule has 0 saturated carbocycles. The third kappa shape index (κ3) is 1.39. The first-order chi connectivity index (χ1) is 7.16. The minimum Gasteiger partial charge on any atom is -0.268 e. The van der Waals surface area contributed by atoms with Gasteiger partial charge in [0.25, 0.3) is 11.8 Å². The number of amides is 2. The molecule has 0 aromatic heterocycles. The van der Waals surface area contributed by atoms with Crippen LogP contribution in [-0.2, 0) is 11.0 Å². The maximum atomic E-state index is 11.7. The zero-order valence-electron chi connectivity index (χ0n) is 8.10. The van der Waals surface area contributed by atoms with Gasteiger partial charge in [-0.1, -0.05) is 19.1 Å². The van der Waals surface area contributed by atoms with E-state index >= 15 is 0 Å². The quantitative estimate of drug-likeness (QED) is 0.702. The van der Waals surface area contributed by atoms with Gasteiger partial charge in [0.2, 0.25) is 0 Å². The molecule has 1 atom stereocenters. The maximum absolute atomic E-state index is 11.7. The first kappa shape index (κ1) is 10.0. The summed E-state index contributed by atoms with van der Waals surface area (Å²) in [6.45, 7) is 1.67. The van der Waals surface area contributed by atoms with E-state index in [-0.39, 0.29) is 5.75 Å². The molecule has 2 amide bonds. The van der Waals surface area contributed by atoms with E-state index in [4.69, 9.17) is 0 Å². The summed E-state index contributed by atoms with van der Waals surface area (Å²) < 4.78 is 12.3. The highest BCUT2D eigenvalue weighted by Gasteiger charge is 2.38. The van der Waals surface area contributed by atoms with Crippen molar-refractivity contribution in [3.8, 4) is 0 Å². The lowest BCUT2D eigenvalue weighted by Gasteiger charge is -2.10. The van der Waals surface area contributed by atoms with Crippen LogP contribution in [0.3, 0.4) is 0 Å². The van der Waals surface area contributed by atoms with Crippen LogP contribution in [0.4, 0.5) is 0 Å². The van der Waals surface area contributed by atoms with Gasteiger partial charge < -0.3 is 0 Å². The highest BCUT2D eigenvalue weighted by Crippen LogP contribution is 2.23. The van der Waals surface area contributed by atoms with E-state index in [1.807, 2.05) is 0 Å². The number of rotatable bonds is 2. The average Bonchev–Trinajstić information content (AvgIpc) is 2.52. The van der Waals surface area contributed by atoms with Crippen LogP contribution in [0, 0.1) is 0 Å². The number of imide groups is 1. The molecule has 2 rings (SSSR count). The third-order valence-corrected chi connectivity index (χ3v) is 3.44. The van der Waals surface area contributed by atoms with E-state index in [1.54, 1.807) is 31.2 Å². The second kappa shape index (κ2) is 3.58. The number of fused-ring (bicyclic) bond motifs is 1. The Labute approximate surface area is 89.5 Å². The monoisotopic (exact) mass is 223 g/mol. The highest BCUT2D eigenvalue weighted by atomic mass is 32.2. The van der Waals surface area contributed by atoms with Crippen LogP contribution in [0.5, 0.6) is 0 Å². The Bertz CT molecular complexity index is 434. The van der Waals surface area contributed by atoms with E-state index in [0.717, 1.165) is 4.31 Å². The number of carbonyl (C=O) groups excluding carboxylic acids is 2. The third-order valence-electron chi connectivity index (χ3n) is 2.21. The molecule has 1 aliphatic rings. The molecular formula is C10H9NO3S. The molecule has 4 nitrogen and oxygen atoms in total. The molecular weight excluding hydrogens is 214 g/mol. The van der Waals surface area contributed by atoms with Gasteiger partial charge in [0.15, 0.2) is 0 Å². The summed E-state index contributed by atoms with van der Waals surface area (Å²) in [5.74, 6) is -0.669. The van der Waals surface area contributed by atoms with Crippen LogP contribution in [0.1, 0.15) is 27.6 Å². The summed E-state index contributed by atoms with van der Waals surface area (Å²) in [5.41, 5.74) is 0.675. The minimum atomic E-state index is -1.55. The largest absolute Gasteiger partial charge is 0.273 e. The normalized spacial score (nSPS) is 16.7. The van der Waals surface area contributed by atoms with Crippen LogP contribution < -0.4 is 0 Å². The van der Waals surface area contributed by atoms with Crippen molar-refractivity contribution in [2.24, 2.45) is 0 Å². The molecule has 0 saturated heterocycles. The van der Waals surface area contributed by atoms with E-state index in [1.165, 1.54) is 0 Å². The van der Waals surface area contributed by atoms with Crippen LogP contribution >= 0.6 is 0 Å². The second-order valence-corrected chi connectivity index (χ2v) is 4.65. The van der Waals surface area contributed by atoms with Crippen LogP contribution in [0.2, 0.25) is 0 Å². The lowest BCUT2D eigenvalue weighted by molar-refractivity contribution is 0.0771. The van der Waals surface area contributed by atoms with Gasteiger partial charge in [-0.05, 0) is 12.1 Å².